The molecule has 156 valence electrons. The van der Waals surface area contributed by atoms with Gasteiger partial charge in [0.25, 0.3) is 0 Å². The Bertz CT molecular complexity index is 831. The molecule has 0 heterocycles. The maximum Gasteiger partial charge on any atom is 0.387 e. The fourth-order valence-electron chi connectivity index (χ4n) is 2.88. The van der Waals surface area contributed by atoms with Crippen LogP contribution in [0, 0.1) is 0 Å². The lowest BCUT2D eigenvalue weighted by molar-refractivity contribution is -0.131. The molecule has 6 nitrogen and oxygen atoms in total. The summed E-state index contributed by atoms with van der Waals surface area (Å²) in [5.74, 6) is -0.327. The number of ether oxygens (including phenoxy) is 2. The number of alkyl halides is 2. The molecule has 0 saturated carbocycles. The van der Waals surface area contributed by atoms with E-state index in [9.17, 15) is 18.4 Å². The predicted molar refractivity (Wildman–Crippen MR) is 104 cm³/mol. The number of benzene rings is 2. The summed E-state index contributed by atoms with van der Waals surface area (Å²) in [4.78, 5) is 25.7. The van der Waals surface area contributed by atoms with Crippen molar-refractivity contribution in [3.8, 4) is 11.5 Å². The Hall–Kier alpha value is -3.16. The topological polar surface area (TPSA) is 67.9 Å². The minimum atomic E-state index is -2.96. The second kappa shape index (κ2) is 10.4. The number of carbonyl (C=O) groups is 2. The van der Waals surface area contributed by atoms with Crippen LogP contribution in [-0.2, 0) is 16.1 Å². The fourth-order valence-corrected chi connectivity index (χ4v) is 2.88. The Balaban J connectivity index is 2.08. The highest BCUT2D eigenvalue weighted by Gasteiger charge is 2.20. The minimum absolute atomic E-state index is 0.0740. The zero-order valence-electron chi connectivity index (χ0n) is 16.5. The molecular formula is C21H24F2N2O4. The summed E-state index contributed by atoms with van der Waals surface area (Å²) in [6.07, 6.45) is 0.0871. The van der Waals surface area contributed by atoms with Gasteiger partial charge in [-0.1, -0.05) is 36.4 Å². The molecule has 2 amide bonds. The Morgan fingerprint density at radius 3 is 2.38 bits per heavy atom. The summed E-state index contributed by atoms with van der Waals surface area (Å²) in [5, 5.41) is 2.80. The van der Waals surface area contributed by atoms with Crippen LogP contribution >= 0.6 is 0 Å². The molecule has 0 spiro atoms. The van der Waals surface area contributed by atoms with Crippen molar-refractivity contribution >= 4 is 11.8 Å². The minimum Gasteiger partial charge on any atom is -0.493 e. The Kier molecular flexibility index (Phi) is 7.94. The largest absolute Gasteiger partial charge is 0.493 e. The van der Waals surface area contributed by atoms with Gasteiger partial charge < -0.3 is 19.7 Å². The molecule has 0 aliphatic carbocycles. The van der Waals surface area contributed by atoms with Gasteiger partial charge in [-0.2, -0.15) is 8.78 Å². The first-order chi connectivity index (χ1) is 13.8. The smallest absolute Gasteiger partial charge is 0.387 e. The van der Waals surface area contributed by atoms with Crippen molar-refractivity contribution in [1.29, 1.82) is 0 Å². The molecule has 1 N–H and O–H groups in total. The van der Waals surface area contributed by atoms with Gasteiger partial charge in [0.2, 0.25) is 11.8 Å². The zero-order chi connectivity index (χ0) is 21.4. The van der Waals surface area contributed by atoms with Gasteiger partial charge in [0, 0.05) is 20.5 Å². The van der Waals surface area contributed by atoms with Gasteiger partial charge in [-0.15, -0.1) is 0 Å². The number of methoxy groups -OCH3 is 1. The summed E-state index contributed by atoms with van der Waals surface area (Å²) in [5.41, 5.74) is 1.52. The molecule has 2 aromatic carbocycles. The second-order valence-electron chi connectivity index (χ2n) is 6.48. The number of amides is 2. The molecule has 0 fully saturated rings. The molecule has 8 heteroatoms. The van der Waals surface area contributed by atoms with Gasteiger partial charge in [-0.05, 0) is 23.3 Å². The van der Waals surface area contributed by atoms with Crippen molar-refractivity contribution in [3.63, 3.8) is 0 Å². The molecule has 0 aromatic heterocycles. The maximum absolute atomic E-state index is 12.7. The molecule has 1 unspecified atom stereocenters. The number of rotatable bonds is 9. The van der Waals surface area contributed by atoms with E-state index in [0.717, 1.165) is 5.56 Å². The van der Waals surface area contributed by atoms with E-state index < -0.39 is 12.7 Å². The summed E-state index contributed by atoms with van der Waals surface area (Å²) in [7, 11) is 2.98. The molecule has 0 bridgehead atoms. The Labute approximate surface area is 168 Å². The van der Waals surface area contributed by atoms with E-state index in [1.165, 1.54) is 25.0 Å². The van der Waals surface area contributed by atoms with Crippen molar-refractivity contribution in [2.75, 3.05) is 14.2 Å². The highest BCUT2D eigenvalue weighted by molar-refractivity contribution is 5.79. The standard InChI is InChI=1S/C21H24F2N2O4/c1-14(26)24-17(16-7-5-4-6-8-16)12-20(27)25(2)13-15-9-10-18(29-21(22)23)19(11-15)28-3/h4-11,17,21H,12-13H2,1-3H3,(H,24,26). The van der Waals surface area contributed by atoms with Crippen LogP contribution in [0.2, 0.25) is 0 Å². The van der Waals surface area contributed by atoms with E-state index in [1.807, 2.05) is 30.3 Å². The Morgan fingerprint density at radius 2 is 1.79 bits per heavy atom. The van der Waals surface area contributed by atoms with Crippen LogP contribution in [0.15, 0.2) is 48.5 Å². The van der Waals surface area contributed by atoms with Crippen LogP contribution in [0.5, 0.6) is 11.5 Å². The number of nitrogens with zero attached hydrogens (tertiary/aromatic N) is 1. The monoisotopic (exact) mass is 406 g/mol. The van der Waals surface area contributed by atoms with E-state index in [0.29, 0.717) is 5.56 Å². The van der Waals surface area contributed by atoms with Crippen molar-refractivity contribution in [2.24, 2.45) is 0 Å². The first-order valence-corrected chi connectivity index (χ1v) is 8.98. The lowest BCUT2D eigenvalue weighted by Crippen LogP contribution is -2.33. The van der Waals surface area contributed by atoms with Crippen LogP contribution in [0.3, 0.4) is 0 Å². The first-order valence-electron chi connectivity index (χ1n) is 8.98. The predicted octanol–water partition coefficient (Wildman–Crippen LogP) is 3.52. The SMILES string of the molecule is COc1cc(CN(C)C(=O)CC(NC(C)=O)c2ccccc2)ccc1OC(F)F. The van der Waals surface area contributed by atoms with E-state index in [-0.39, 0.29) is 36.3 Å². The van der Waals surface area contributed by atoms with Gasteiger partial charge in [0.05, 0.1) is 19.6 Å². The highest BCUT2D eigenvalue weighted by atomic mass is 19.3. The summed E-state index contributed by atoms with van der Waals surface area (Å²) in [6.45, 7) is -1.31. The number of hydrogen-bond acceptors (Lipinski definition) is 4. The van der Waals surface area contributed by atoms with Gasteiger partial charge in [-0.3, -0.25) is 9.59 Å². The molecule has 1 atom stereocenters. The number of carbonyl (C=O) groups excluding carboxylic acids is 2. The lowest BCUT2D eigenvalue weighted by Gasteiger charge is -2.23. The third-order valence-electron chi connectivity index (χ3n) is 4.25. The van der Waals surface area contributed by atoms with Gasteiger partial charge in [0.1, 0.15) is 0 Å². The first kappa shape index (κ1) is 22.1. The quantitative estimate of drug-likeness (QED) is 0.692. The van der Waals surface area contributed by atoms with Gasteiger partial charge >= 0.3 is 6.61 Å². The molecule has 2 rings (SSSR count). The third-order valence-corrected chi connectivity index (χ3v) is 4.25. The van der Waals surface area contributed by atoms with Crippen molar-refractivity contribution in [3.05, 3.63) is 59.7 Å². The van der Waals surface area contributed by atoms with E-state index in [4.69, 9.17) is 4.74 Å². The van der Waals surface area contributed by atoms with Crippen LogP contribution in [0.1, 0.15) is 30.5 Å². The molecular weight excluding hydrogens is 382 g/mol. The van der Waals surface area contributed by atoms with Crippen LogP contribution in [-0.4, -0.2) is 37.5 Å². The molecule has 0 radical (unpaired) electrons. The number of hydrogen-bond donors (Lipinski definition) is 1. The molecule has 0 aliphatic heterocycles. The summed E-state index contributed by atoms with van der Waals surface area (Å²) < 4.78 is 34.4. The molecule has 29 heavy (non-hydrogen) atoms. The van der Waals surface area contributed by atoms with Crippen molar-refractivity contribution < 1.29 is 27.8 Å². The molecule has 2 aromatic rings. The van der Waals surface area contributed by atoms with Crippen molar-refractivity contribution in [1.82, 2.24) is 10.2 Å². The summed E-state index contributed by atoms with van der Waals surface area (Å²) in [6, 6.07) is 13.3. The van der Waals surface area contributed by atoms with Gasteiger partial charge in [0.15, 0.2) is 11.5 Å². The number of nitrogens with one attached hydrogen (secondary N) is 1. The van der Waals surface area contributed by atoms with E-state index in [2.05, 4.69) is 10.1 Å². The fraction of sp³-hybridized carbons (Fsp3) is 0.333. The average molecular weight is 406 g/mol. The maximum atomic E-state index is 12.7. The normalized spacial score (nSPS) is 11.7. The van der Waals surface area contributed by atoms with E-state index in [1.54, 1.807) is 19.2 Å². The Morgan fingerprint density at radius 1 is 1.10 bits per heavy atom. The third kappa shape index (κ3) is 6.74. The number of halogens is 2. The van der Waals surface area contributed by atoms with Crippen LogP contribution in [0.25, 0.3) is 0 Å². The lowest BCUT2D eigenvalue weighted by atomic mass is 10.0. The van der Waals surface area contributed by atoms with Crippen molar-refractivity contribution in [2.45, 2.75) is 32.5 Å². The highest BCUT2D eigenvalue weighted by Crippen LogP contribution is 2.30. The van der Waals surface area contributed by atoms with Gasteiger partial charge in [-0.25, -0.2) is 0 Å². The summed E-state index contributed by atoms with van der Waals surface area (Å²) >= 11 is 0. The molecule has 0 saturated heterocycles. The van der Waals surface area contributed by atoms with E-state index >= 15 is 0 Å². The average Bonchev–Trinajstić information content (AvgIpc) is 2.68. The van der Waals surface area contributed by atoms with Crippen LogP contribution < -0.4 is 14.8 Å². The molecule has 0 aliphatic rings. The zero-order valence-corrected chi connectivity index (χ0v) is 16.5. The second-order valence-corrected chi connectivity index (χ2v) is 6.48. The van der Waals surface area contributed by atoms with Crippen LogP contribution in [0.4, 0.5) is 8.78 Å².